The van der Waals surface area contributed by atoms with Crippen LogP contribution in [-0.2, 0) is 9.59 Å². The molecule has 0 aromatic rings. The third kappa shape index (κ3) is 9.88. The molecule has 0 heterocycles. The first-order valence-electron chi connectivity index (χ1n) is 8.80. The zero-order chi connectivity index (χ0) is 19.2. The molecule has 0 fully saturated rings. The third-order valence-corrected chi connectivity index (χ3v) is 4.08. The number of hydrogen-bond donors (Lipinski definition) is 6. The van der Waals surface area contributed by atoms with Crippen molar-refractivity contribution in [3.63, 3.8) is 0 Å². The Kier molecular flexibility index (Phi) is 12.4. The van der Waals surface area contributed by atoms with E-state index in [1.165, 1.54) is 0 Å². The fraction of sp³-hybridized carbons (Fsp3) is 0.812. The summed E-state index contributed by atoms with van der Waals surface area (Å²) < 4.78 is 0. The lowest BCUT2D eigenvalue weighted by Gasteiger charge is -2.25. The highest BCUT2D eigenvalue weighted by Gasteiger charge is 2.27. The van der Waals surface area contributed by atoms with E-state index in [0.29, 0.717) is 32.5 Å². The summed E-state index contributed by atoms with van der Waals surface area (Å²) in [7, 11) is 3.53. The number of carbonyl (C=O) groups is 3. The average Bonchev–Trinajstić information content (AvgIpc) is 2.57. The number of likely N-dealkylation sites (N-methyl/N-ethyl adjacent to an activating group) is 2. The van der Waals surface area contributed by atoms with Gasteiger partial charge < -0.3 is 32.3 Å². The van der Waals surface area contributed by atoms with E-state index in [9.17, 15) is 14.4 Å². The molecule has 0 saturated carbocycles. The number of primary amides is 1. The standard InChI is InChI=1S/C16H34N6O3/c1-5-11(2)13(19-4)15(24)22-12(7-6-8-21-16(17)25)14(23)20-10-9-18-3/h11-13,18-19H,5-10H2,1-4H3,(H,20,23)(H,22,24)(H3,17,21,25)/t11?,12-,13-/m0/s1. The number of hydrogen-bond acceptors (Lipinski definition) is 5. The summed E-state index contributed by atoms with van der Waals surface area (Å²) in [5.74, 6) is -0.287. The Morgan fingerprint density at radius 3 is 2.20 bits per heavy atom. The van der Waals surface area contributed by atoms with E-state index >= 15 is 0 Å². The molecule has 3 atom stereocenters. The van der Waals surface area contributed by atoms with Gasteiger partial charge in [0.25, 0.3) is 0 Å². The molecule has 0 spiro atoms. The van der Waals surface area contributed by atoms with E-state index in [1.807, 2.05) is 13.8 Å². The average molecular weight is 358 g/mol. The van der Waals surface area contributed by atoms with Gasteiger partial charge in [0.1, 0.15) is 6.04 Å². The molecule has 4 amide bonds. The highest BCUT2D eigenvalue weighted by atomic mass is 16.2. The second-order valence-corrected chi connectivity index (χ2v) is 6.04. The lowest BCUT2D eigenvalue weighted by Crippen LogP contribution is -2.54. The Balaban J connectivity index is 4.76. The van der Waals surface area contributed by atoms with Crippen LogP contribution in [0.5, 0.6) is 0 Å². The van der Waals surface area contributed by atoms with Gasteiger partial charge in [0.15, 0.2) is 0 Å². The van der Waals surface area contributed by atoms with Crippen LogP contribution in [0.25, 0.3) is 0 Å². The molecular formula is C16H34N6O3. The van der Waals surface area contributed by atoms with Crippen molar-refractivity contribution in [1.82, 2.24) is 26.6 Å². The van der Waals surface area contributed by atoms with Crippen LogP contribution in [0.4, 0.5) is 4.79 Å². The summed E-state index contributed by atoms with van der Waals surface area (Å²) in [5.41, 5.74) is 5.02. The van der Waals surface area contributed by atoms with Crippen LogP contribution in [0.3, 0.4) is 0 Å². The molecule has 0 aliphatic heterocycles. The van der Waals surface area contributed by atoms with Gasteiger partial charge in [-0.15, -0.1) is 0 Å². The van der Waals surface area contributed by atoms with Gasteiger partial charge in [0, 0.05) is 19.6 Å². The maximum Gasteiger partial charge on any atom is 0.312 e. The highest BCUT2D eigenvalue weighted by Crippen LogP contribution is 2.08. The van der Waals surface area contributed by atoms with E-state index in [4.69, 9.17) is 5.73 Å². The number of carbonyl (C=O) groups excluding carboxylic acids is 3. The van der Waals surface area contributed by atoms with Crippen molar-refractivity contribution in [1.29, 1.82) is 0 Å². The minimum atomic E-state index is -0.654. The number of nitrogens with one attached hydrogen (secondary N) is 5. The number of amides is 4. The topological polar surface area (TPSA) is 137 Å². The first-order valence-corrected chi connectivity index (χ1v) is 8.80. The molecule has 0 bridgehead atoms. The zero-order valence-electron chi connectivity index (χ0n) is 15.8. The summed E-state index contributed by atoms with van der Waals surface area (Å²) in [6.45, 7) is 5.47. The molecule has 0 aliphatic carbocycles. The summed E-state index contributed by atoms with van der Waals surface area (Å²) in [6, 6.07) is -1.62. The Hall–Kier alpha value is -1.87. The van der Waals surface area contributed by atoms with Gasteiger partial charge in [0.2, 0.25) is 11.8 Å². The van der Waals surface area contributed by atoms with Gasteiger partial charge in [-0.2, -0.15) is 0 Å². The van der Waals surface area contributed by atoms with Gasteiger partial charge in [-0.3, -0.25) is 9.59 Å². The van der Waals surface area contributed by atoms with Gasteiger partial charge in [0.05, 0.1) is 6.04 Å². The number of nitrogens with two attached hydrogens (primary N) is 1. The molecule has 1 unspecified atom stereocenters. The molecule has 0 aliphatic rings. The Bertz CT molecular complexity index is 419. The largest absolute Gasteiger partial charge is 0.353 e. The predicted octanol–water partition coefficient (Wildman–Crippen LogP) is -1.11. The second-order valence-electron chi connectivity index (χ2n) is 6.04. The Labute approximate surface area is 150 Å². The maximum absolute atomic E-state index is 12.5. The third-order valence-electron chi connectivity index (χ3n) is 4.08. The van der Waals surface area contributed by atoms with Gasteiger partial charge in [-0.05, 0) is 32.9 Å². The summed E-state index contributed by atoms with van der Waals surface area (Å²) in [6.07, 6.45) is 1.79. The van der Waals surface area contributed by atoms with Crippen molar-refractivity contribution >= 4 is 17.8 Å². The first kappa shape index (κ1) is 23.1. The van der Waals surface area contributed by atoms with Crippen molar-refractivity contribution in [3.8, 4) is 0 Å². The van der Waals surface area contributed by atoms with Gasteiger partial charge in [-0.1, -0.05) is 20.3 Å². The summed E-state index contributed by atoms with van der Waals surface area (Å²) in [4.78, 5) is 35.6. The van der Waals surface area contributed by atoms with Crippen molar-refractivity contribution < 1.29 is 14.4 Å². The fourth-order valence-corrected chi connectivity index (χ4v) is 2.39. The van der Waals surface area contributed by atoms with Gasteiger partial charge in [-0.25, -0.2) is 4.79 Å². The normalized spacial score (nSPS) is 14.2. The molecule has 0 saturated heterocycles. The highest BCUT2D eigenvalue weighted by molar-refractivity contribution is 5.89. The van der Waals surface area contributed by atoms with Crippen molar-refractivity contribution in [2.24, 2.45) is 11.7 Å². The van der Waals surface area contributed by atoms with Crippen LogP contribution in [0.15, 0.2) is 0 Å². The van der Waals surface area contributed by atoms with Gasteiger partial charge >= 0.3 is 6.03 Å². The van der Waals surface area contributed by atoms with Crippen LogP contribution in [0.2, 0.25) is 0 Å². The van der Waals surface area contributed by atoms with Crippen LogP contribution < -0.4 is 32.3 Å². The van der Waals surface area contributed by atoms with Crippen molar-refractivity contribution in [2.45, 2.75) is 45.2 Å². The fourth-order valence-electron chi connectivity index (χ4n) is 2.39. The molecule has 146 valence electrons. The quantitative estimate of drug-likeness (QED) is 0.232. The van der Waals surface area contributed by atoms with Crippen LogP contribution in [0, 0.1) is 5.92 Å². The molecule has 25 heavy (non-hydrogen) atoms. The molecule has 0 aromatic heterocycles. The van der Waals surface area contributed by atoms with E-state index in [1.54, 1.807) is 14.1 Å². The first-order chi connectivity index (χ1) is 11.9. The lowest BCUT2D eigenvalue weighted by molar-refractivity contribution is -0.130. The Morgan fingerprint density at radius 1 is 1.00 bits per heavy atom. The monoisotopic (exact) mass is 358 g/mol. The molecule has 7 N–H and O–H groups in total. The maximum atomic E-state index is 12.5. The van der Waals surface area contributed by atoms with E-state index < -0.39 is 12.1 Å². The van der Waals surface area contributed by atoms with Crippen LogP contribution in [0.1, 0.15) is 33.1 Å². The molecule has 0 radical (unpaired) electrons. The predicted molar refractivity (Wildman–Crippen MR) is 98.0 cm³/mol. The van der Waals surface area contributed by atoms with Crippen molar-refractivity contribution in [2.75, 3.05) is 33.7 Å². The molecule has 0 aromatic carbocycles. The molecule has 9 heteroatoms. The lowest BCUT2D eigenvalue weighted by atomic mass is 9.98. The summed E-state index contributed by atoms with van der Waals surface area (Å²) in [5, 5.41) is 14.0. The summed E-state index contributed by atoms with van der Waals surface area (Å²) >= 11 is 0. The minimum absolute atomic E-state index is 0.148. The Morgan fingerprint density at radius 2 is 1.68 bits per heavy atom. The minimum Gasteiger partial charge on any atom is -0.353 e. The zero-order valence-corrected chi connectivity index (χ0v) is 15.8. The SMILES string of the molecule is CCC(C)[C@H](NC)C(=O)N[C@@H](CCCNC(N)=O)C(=O)NCCNC. The smallest absolute Gasteiger partial charge is 0.312 e. The van der Waals surface area contributed by atoms with Crippen LogP contribution >= 0.6 is 0 Å². The molecule has 0 rings (SSSR count). The second kappa shape index (κ2) is 13.4. The molecule has 9 nitrogen and oxygen atoms in total. The van der Waals surface area contributed by atoms with E-state index in [0.717, 1.165) is 6.42 Å². The van der Waals surface area contributed by atoms with Crippen molar-refractivity contribution in [3.05, 3.63) is 0 Å². The number of rotatable bonds is 13. The number of urea groups is 1. The molecular weight excluding hydrogens is 324 g/mol. The van der Waals surface area contributed by atoms with E-state index in [-0.39, 0.29) is 23.8 Å². The van der Waals surface area contributed by atoms with Crippen LogP contribution in [-0.4, -0.2) is 63.7 Å². The van der Waals surface area contributed by atoms with E-state index in [2.05, 4.69) is 26.6 Å².